The van der Waals surface area contributed by atoms with E-state index >= 15 is 0 Å². The van der Waals surface area contributed by atoms with Crippen LogP contribution in [0.5, 0.6) is 0 Å². The SMILES string of the molecule is CC(C)C[C@@H](c1cc(C(F)(F)F)ccc1F)N1CCNCC1. The number of benzene rings is 1. The van der Waals surface area contributed by atoms with E-state index in [9.17, 15) is 17.6 Å². The molecule has 0 unspecified atom stereocenters. The third kappa shape index (κ3) is 4.20. The minimum Gasteiger partial charge on any atom is -0.314 e. The van der Waals surface area contributed by atoms with Gasteiger partial charge < -0.3 is 5.32 Å². The van der Waals surface area contributed by atoms with Gasteiger partial charge in [0, 0.05) is 37.8 Å². The summed E-state index contributed by atoms with van der Waals surface area (Å²) in [7, 11) is 0. The molecule has 0 spiro atoms. The molecule has 2 rings (SSSR count). The Bertz CT molecular complexity index is 493. The van der Waals surface area contributed by atoms with E-state index in [1.807, 2.05) is 13.8 Å². The Morgan fingerprint density at radius 1 is 1.18 bits per heavy atom. The first kappa shape index (κ1) is 17.2. The molecule has 0 saturated carbocycles. The lowest BCUT2D eigenvalue weighted by molar-refractivity contribution is -0.137. The van der Waals surface area contributed by atoms with Crippen LogP contribution in [0.2, 0.25) is 0 Å². The minimum absolute atomic E-state index is 0.158. The molecule has 1 atom stereocenters. The highest BCUT2D eigenvalue weighted by Gasteiger charge is 2.33. The minimum atomic E-state index is -4.45. The van der Waals surface area contributed by atoms with E-state index in [-0.39, 0.29) is 17.5 Å². The Labute approximate surface area is 128 Å². The molecule has 1 fully saturated rings. The van der Waals surface area contributed by atoms with Gasteiger partial charge in [-0.15, -0.1) is 0 Å². The zero-order valence-corrected chi connectivity index (χ0v) is 12.9. The molecule has 124 valence electrons. The van der Waals surface area contributed by atoms with Gasteiger partial charge in [0.25, 0.3) is 0 Å². The third-order valence-electron chi connectivity index (χ3n) is 3.97. The molecular weight excluding hydrogens is 296 g/mol. The van der Waals surface area contributed by atoms with Crippen molar-refractivity contribution < 1.29 is 17.6 Å². The lowest BCUT2D eigenvalue weighted by Gasteiger charge is -2.36. The number of piperazine rings is 1. The number of rotatable bonds is 4. The molecule has 1 heterocycles. The van der Waals surface area contributed by atoms with Gasteiger partial charge in [0.2, 0.25) is 0 Å². The molecule has 0 radical (unpaired) electrons. The van der Waals surface area contributed by atoms with E-state index in [4.69, 9.17) is 0 Å². The molecule has 22 heavy (non-hydrogen) atoms. The molecule has 1 N–H and O–H groups in total. The zero-order valence-electron chi connectivity index (χ0n) is 12.9. The zero-order chi connectivity index (χ0) is 16.3. The second kappa shape index (κ2) is 6.96. The fraction of sp³-hybridized carbons (Fsp3) is 0.625. The van der Waals surface area contributed by atoms with E-state index in [2.05, 4.69) is 10.2 Å². The molecule has 1 aliphatic rings. The standard InChI is InChI=1S/C16H22F4N2/c1-11(2)9-15(22-7-5-21-6-8-22)13-10-12(16(18,19)20)3-4-14(13)17/h3-4,10-11,15,21H,5-9H2,1-2H3/t15-/m0/s1. The topological polar surface area (TPSA) is 15.3 Å². The van der Waals surface area contributed by atoms with Crippen molar-refractivity contribution >= 4 is 0 Å². The predicted octanol–water partition coefficient (Wildman–Crippen LogP) is 3.84. The van der Waals surface area contributed by atoms with Crippen molar-refractivity contribution in [1.29, 1.82) is 0 Å². The van der Waals surface area contributed by atoms with Crippen molar-refractivity contribution in [3.05, 3.63) is 35.1 Å². The highest BCUT2D eigenvalue weighted by molar-refractivity contribution is 5.30. The number of halogens is 4. The van der Waals surface area contributed by atoms with Gasteiger partial charge in [-0.25, -0.2) is 4.39 Å². The quantitative estimate of drug-likeness (QED) is 0.849. The largest absolute Gasteiger partial charge is 0.416 e. The summed E-state index contributed by atoms with van der Waals surface area (Å²) in [5.74, 6) is -0.286. The van der Waals surface area contributed by atoms with Crippen LogP contribution in [0.1, 0.15) is 37.4 Å². The predicted molar refractivity (Wildman–Crippen MR) is 78.0 cm³/mol. The molecule has 1 aliphatic heterocycles. The Morgan fingerprint density at radius 2 is 1.82 bits per heavy atom. The maximum Gasteiger partial charge on any atom is 0.416 e. The number of alkyl halides is 3. The molecule has 0 bridgehead atoms. The van der Waals surface area contributed by atoms with Gasteiger partial charge in [0.05, 0.1) is 5.56 Å². The van der Waals surface area contributed by atoms with Gasteiger partial charge in [0.15, 0.2) is 0 Å². The van der Waals surface area contributed by atoms with Crippen LogP contribution in [0.15, 0.2) is 18.2 Å². The molecule has 1 aromatic rings. The third-order valence-corrected chi connectivity index (χ3v) is 3.97. The Kier molecular flexibility index (Phi) is 5.45. The first-order chi connectivity index (χ1) is 10.3. The van der Waals surface area contributed by atoms with Crippen molar-refractivity contribution in [2.24, 2.45) is 5.92 Å². The van der Waals surface area contributed by atoms with Gasteiger partial charge in [-0.2, -0.15) is 13.2 Å². The van der Waals surface area contributed by atoms with E-state index in [0.29, 0.717) is 19.5 Å². The van der Waals surface area contributed by atoms with Crippen LogP contribution in [0, 0.1) is 11.7 Å². The maximum atomic E-state index is 14.2. The molecule has 0 amide bonds. The number of hydrogen-bond acceptors (Lipinski definition) is 2. The van der Waals surface area contributed by atoms with Gasteiger partial charge in [0.1, 0.15) is 5.82 Å². The van der Waals surface area contributed by atoms with Crippen molar-refractivity contribution in [1.82, 2.24) is 10.2 Å². The summed E-state index contributed by atoms with van der Waals surface area (Å²) in [6, 6.07) is 2.41. The second-order valence-electron chi connectivity index (χ2n) is 6.17. The monoisotopic (exact) mass is 318 g/mol. The average molecular weight is 318 g/mol. The molecule has 0 aromatic heterocycles. The highest BCUT2D eigenvalue weighted by Crippen LogP contribution is 2.35. The van der Waals surface area contributed by atoms with E-state index in [0.717, 1.165) is 31.3 Å². The summed E-state index contributed by atoms with van der Waals surface area (Å²) in [5.41, 5.74) is -0.627. The van der Waals surface area contributed by atoms with Crippen molar-refractivity contribution in [2.75, 3.05) is 26.2 Å². The fourth-order valence-electron chi connectivity index (χ4n) is 2.89. The lowest BCUT2D eigenvalue weighted by atomic mass is 9.93. The van der Waals surface area contributed by atoms with Gasteiger partial charge in [-0.05, 0) is 30.5 Å². The van der Waals surface area contributed by atoms with Gasteiger partial charge in [-0.3, -0.25) is 4.90 Å². The van der Waals surface area contributed by atoms with E-state index in [1.54, 1.807) is 0 Å². The smallest absolute Gasteiger partial charge is 0.314 e. The van der Waals surface area contributed by atoms with Crippen LogP contribution in [0.4, 0.5) is 17.6 Å². The number of nitrogens with zero attached hydrogens (tertiary/aromatic N) is 1. The van der Waals surface area contributed by atoms with E-state index < -0.39 is 17.6 Å². The maximum absolute atomic E-state index is 14.2. The lowest BCUT2D eigenvalue weighted by Crippen LogP contribution is -2.45. The summed E-state index contributed by atoms with van der Waals surface area (Å²) < 4.78 is 53.0. The van der Waals surface area contributed by atoms with Crippen molar-refractivity contribution in [3.63, 3.8) is 0 Å². The first-order valence-corrected chi connectivity index (χ1v) is 7.60. The molecular formula is C16H22F4N2. The average Bonchev–Trinajstić information content (AvgIpc) is 2.45. The summed E-state index contributed by atoms with van der Waals surface area (Å²) >= 11 is 0. The van der Waals surface area contributed by atoms with Crippen LogP contribution in [0.25, 0.3) is 0 Å². The highest BCUT2D eigenvalue weighted by atomic mass is 19.4. The van der Waals surface area contributed by atoms with E-state index in [1.165, 1.54) is 0 Å². The first-order valence-electron chi connectivity index (χ1n) is 7.60. The van der Waals surface area contributed by atoms with Crippen LogP contribution in [0.3, 0.4) is 0 Å². The summed E-state index contributed by atoms with van der Waals surface area (Å²) in [6.07, 6.45) is -3.81. The second-order valence-corrected chi connectivity index (χ2v) is 6.17. The van der Waals surface area contributed by atoms with Crippen LogP contribution >= 0.6 is 0 Å². The Balaban J connectivity index is 2.37. The Morgan fingerprint density at radius 3 is 2.36 bits per heavy atom. The summed E-state index contributed by atoms with van der Waals surface area (Å²) in [5, 5.41) is 3.21. The molecule has 6 heteroatoms. The Hall–Kier alpha value is -1.14. The van der Waals surface area contributed by atoms with Gasteiger partial charge in [-0.1, -0.05) is 13.8 Å². The summed E-state index contributed by atoms with van der Waals surface area (Å²) in [6.45, 7) is 6.98. The van der Waals surface area contributed by atoms with Crippen molar-refractivity contribution in [2.45, 2.75) is 32.5 Å². The van der Waals surface area contributed by atoms with Crippen molar-refractivity contribution in [3.8, 4) is 0 Å². The number of nitrogens with one attached hydrogen (secondary N) is 1. The summed E-state index contributed by atoms with van der Waals surface area (Å²) in [4.78, 5) is 2.08. The molecule has 1 saturated heterocycles. The normalized spacial score (nSPS) is 18.7. The van der Waals surface area contributed by atoms with Crippen LogP contribution in [-0.4, -0.2) is 31.1 Å². The molecule has 1 aromatic carbocycles. The van der Waals surface area contributed by atoms with Crippen LogP contribution < -0.4 is 5.32 Å². The fourth-order valence-corrected chi connectivity index (χ4v) is 2.89. The van der Waals surface area contributed by atoms with Gasteiger partial charge >= 0.3 is 6.18 Å². The number of hydrogen-bond donors (Lipinski definition) is 1. The molecule has 2 nitrogen and oxygen atoms in total. The van der Waals surface area contributed by atoms with Crippen LogP contribution in [-0.2, 0) is 6.18 Å². The molecule has 0 aliphatic carbocycles.